The van der Waals surface area contributed by atoms with Gasteiger partial charge in [-0.3, -0.25) is 9.36 Å². The number of aromatic nitrogens is 2. The van der Waals surface area contributed by atoms with Crippen LogP contribution in [0.3, 0.4) is 0 Å². The standard InChI is InChI=1S/C26H29FN2O7/c1-6-33-24(31)22(27)23(35-16(2)30)19-14-29(25(32)36-26(3,4)5)20-13-28-21(12-18(19)20)34-15-17-10-8-7-9-11-17/h7-14,22-23H,6,15H2,1-5H3. The minimum absolute atomic E-state index is 0.0542. The van der Waals surface area contributed by atoms with Gasteiger partial charge in [-0.05, 0) is 33.3 Å². The second-order valence-corrected chi connectivity index (χ2v) is 8.93. The minimum Gasteiger partial charge on any atom is -0.473 e. The lowest BCUT2D eigenvalue weighted by molar-refractivity contribution is -0.162. The van der Waals surface area contributed by atoms with E-state index in [4.69, 9.17) is 18.9 Å². The van der Waals surface area contributed by atoms with E-state index in [1.54, 1.807) is 20.8 Å². The molecular formula is C26H29FN2O7. The van der Waals surface area contributed by atoms with Crippen molar-refractivity contribution >= 4 is 28.9 Å². The number of nitrogens with zero attached hydrogens (tertiary/aromatic N) is 2. The zero-order valence-electron chi connectivity index (χ0n) is 20.8. The Morgan fingerprint density at radius 3 is 2.44 bits per heavy atom. The Morgan fingerprint density at radius 1 is 1.14 bits per heavy atom. The Hall–Kier alpha value is -3.95. The van der Waals surface area contributed by atoms with Crippen molar-refractivity contribution in [1.29, 1.82) is 0 Å². The van der Waals surface area contributed by atoms with Crippen LogP contribution in [0.2, 0.25) is 0 Å². The third-order valence-electron chi connectivity index (χ3n) is 4.89. The van der Waals surface area contributed by atoms with Gasteiger partial charge in [-0.25, -0.2) is 19.0 Å². The topological polar surface area (TPSA) is 106 Å². The molecule has 10 heteroatoms. The van der Waals surface area contributed by atoms with Gasteiger partial charge >= 0.3 is 18.0 Å². The molecule has 9 nitrogen and oxygen atoms in total. The minimum atomic E-state index is -2.34. The van der Waals surface area contributed by atoms with Gasteiger partial charge in [0.1, 0.15) is 12.2 Å². The first-order valence-corrected chi connectivity index (χ1v) is 11.4. The number of rotatable bonds is 8. The molecule has 0 amide bonds. The molecule has 0 aliphatic heterocycles. The summed E-state index contributed by atoms with van der Waals surface area (Å²) in [5, 5.41) is 0.289. The summed E-state index contributed by atoms with van der Waals surface area (Å²) in [6.07, 6.45) is -2.15. The Morgan fingerprint density at radius 2 is 1.83 bits per heavy atom. The fourth-order valence-corrected chi connectivity index (χ4v) is 3.43. The molecule has 2 aromatic heterocycles. The summed E-state index contributed by atoms with van der Waals surface area (Å²) in [6, 6.07) is 10.9. The number of carbonyl (C=O) groups is 3. The van der Waals surface area contributed by atoms with Crippen LogP contribution in [0.25, 0.3) is 10.9 Å². The third-order valence-corrected chi connectivity index (χ3v) is 4.89. The van der Waals surface area contributed by atoms with Crippen LogP contribution in [0.1, 0.15) is 51.8 Å². The summed E-state index contributed by atoms with van der Waals surface area (Å²) in [5.74, 6) is -1.83. The number of fused-ring (bicyclic) bond motifs is 1. The Balaban J connectivity index is 2.10. The molecule has 3 aromatic rings. The van der Waals surface area contributed by atoms with Gasteiger partial charge < -0.3 is 18.9 Å². The fraction of sp³-hybridized carbons (Fsp3) is 0.385. The van der Waals surface area contributed by atoms with E-state index in [9.17, 15) is 14.4 Å². The number of esters is 2. The van der Waals surface area contributed by atoms with Crippen molar-refractivity contribution in [3.63, 3.8) is 0 Å². The van der Waals surface area contributed by atoms with E-state index in [1.807, 2.05) is 30.3 Å². The van der Waals surface area contributed by atoms with Gasteiger partial charge in [0.15, 0.2) is 6.10 Å². The quantitative estimate of drug-likeness (QED) is 0.318. The zero-order chi connectivity index (χ0) is 26.5. The van der Waals surface area contributed by atoms with Crippen molar-refractivity contribution in [2.24, 2.45) is 0 Å². The van der Waals surface area contributed by atoms with Crippen LogP contribution in [0.4, 0.5) is 9.18 Å². The first-order valence-electron chi connectivity index (χ1n) is 11.4. The lowest BCUT2D eigenvalue weighted by Gasteiger charge is -2.20. The van der Waals surface area contributed by atoms with Crippen LogP contribution in [-0.2, 0) is 30.4 Å². The van der Waals surface area contributed by atoms with Crippen LogP contribution in [0.15, 0.2) is 48.8 Å². The molecule has 0 bridgehead atoms. The molecule has 0 N–H and O–H groups in total. The van der Waals surface area contributed by atoms with Crippen molar-refractivity contribution in [2.75, 3.05) is 6.61 Å². The van der Waals surface area contributed by atoms with Crippen LogP contribution in [0, 0.1) is 0 Å². The molecule has 0 spiro atoms. The molecule has 3 rings (SSSR count). The maximum absolute atomic E-state index is 15.2. The average Bonchev–Trinajstić information content (AvgIpc) is 3.19. The van der Waals surface area contributed by atoms with E-state index in [-0.39, 0.29) is 35.6 Å². The molecule has 1 aromatic carbocycles. The number of halogens is 1. The lowest BCUT2D eigenvalue weighted by Crippen LogP contribution is -2.29. The molecule has 0 aliphatic carbocycles. The molecular weight excluding hydrogens is 471 g/mol. The van der Waals surface area contributed by atoms with Crippen molar-refractivity contribution in [3.05, 3.63) is 59.9 Å². The summed E-state index contributed by atoms with van der Waals surface area (Å²) < 4.78 is 37.6. The smallest absolute Gasteiger partial charge is 0.419 e. The zero-order valence-corrected chi connectivity index (χ0v) is 20.8. The highest BCUT2D eigenvalue weighted by molar-refractivity contribution is 5.93. The summed E-state index contributed by atoms with van der Waals surface area (Å²) in [5.41, 5.74) is 0.385. The summed E-state index contributed by atoms with van der Waals surface area (Å²) >= 11 is 0. The van der Waals surface area contributed by atoms with Crippen molar-refractivity contribution < 1.29 is 37.7 Å². The fourth-order valence-electron chi connectivity index (χ4n) is 3.43. The van der Waals surface area contributed by atoms with E-state index in [1.165, 1.54) is 25.4 Å². The van der Waals surface area contributed by atoms with Crippen LogP contribution < -0.4 is 4.74 Å². The highest BCUT2D eigenvalue weighted by Gasteiger charge is 2.37. The van der Waals surface area contributed by atoms with Crippen molar-refractivity contribution in [1.82, 2.24) is 9.55 Å². The molecule has 2 atom stereocenters. The van der Waals surface area contributed by atoms with Gasteiger partial charge in [-0.1, -0.05) is 30.3 Å². The molecule has 36 heavy (non-hydrogen) atoms. The van der Waals surface area contributed by atoms with Crippen molar-refractivity contribution in [3.8, 4) is 5.88 Å². The third kappa shape index (κ3) is 6.59. The lowest BCUT2D eigenvalue weighted by atomic mass is 10.0. The monoisotopic (exact) mass is 500 g/mol. The molecule has 0 radical (unpaired) electrons. The van der Waals surface area contributed by atoms with Gasteiger partial charge in [0.05, 0.1) is 18.3 Å². The van der Waals surface area contributed by atoms with Crippen LogP contribution in [0.5, 0.6) is 5.88 Å². The van der Waals surface area contributed by atoms with Gasteiger partial charge in [-0.15, -0.1) is 0 Å². The van der Waals surface area contributed by atoms with Crippen LogP contribution >= 0.6 is 0 Å². The maximum Gasteiger partial charge on any atom is 0.419 e. The number of ether oxygens (including phenoxy) is 4. The van der Waals surface area contributed by atoms with Crippen LogP contribution in [-0.4, -0.2) is 46.0 Å². The van der Waals surface area contributed by atoms with E-state index in [0.29, 0.717) is 0 Å². The molecule has 0 fully saturated rings. The summed E-state index contributed by atoms with van der Waals surface area (Å²) in [4.78, 5) is 41.2. The highest BCUT2D eigenvalue weighted by Crippen LogP contribution is 2.34. The number of hydrogen-bond acceptors (Lipinski definition) is 8. The molecule has 2 heterocycles. The predicted molar refractivity (Wildman–Crippen MR) is 128 cm³/mol. The molecule has 0 aliphatic rings. The van der Waals surface area contributed by atoms with E-state index >= 15 is 4.39 Å². The summed E-state index contributed by atoms with van der Waals surface area (Å²) in [6.45, 7) is 7.87. The Labute approximate surface area is 208 Å². The van der Waals surface area contributed by atoms with E-state index in [2.05, 4.69) is 4.98 Å². The molecule has 0 saturated carbocycles. The second-order valence-electron chi connectivity index (χ2n) is 8.93. The average molecular weight is 501 g/mol. The van der Waals surface area contributed by atoms with Crippen molar-refractivity contribution in [2.45, 2.75) is 59.1 Å². The van der Waals surface area contributed by atoms with Gasteiger partial charge in [0.2, 0.25) is 12.1 Å². The molecule has 2 unspecified atom stereocenters. The first-order chi connectivity index (χ1) is 17.0. The second kappa shape index (κ2) is 11.2. The van der Waals surface area contributed by atoms with Gasteiger partial charge in [0, 0.05) is 30.1 Å². The summed E-state index contributed by atoms with van der Waals surface area (Å²) in [7, 11) is 0. The van der Waals surface area contributed by atoms with Gasteiger partial charge in [0.25, 0.3) is 0 Å². The number of hydrogen-bond donors (Lipinski definition) is 0. The number of pyridine rings is 1. The SMILES string of the molecule is CCOC(=O)C(F)C(OC(C)=O)c1cn(C(=O)OC(C)(C)C)c2cnc(OCc3ccccc3)cc12. The Kier molecular flexibility index (Phi) is 8.29. The van der Waals surface area contributed by atoms with E-state index < -0.39 is 35.9 Å². The van der Waals surface area contributed by atoms with E-state index in [0.717, 1.165) is 17.1 Å². The number of carbonyl (C=O) groups excluding carboxylic acids is 3. The Bertz CT molecular complexity index is 1230. The predicted octanol–water partition coefficient (Wildman–Crippen LogP) is 4.90. The molecule has 192 valence electrons. The largest absolute Gasteiger partial charge is 0.473 e. The highest BCUT2D eigenvalue weighted by atomic mass is 19.1. The normalized spacial score (nSPS) is 13.1. The molecule has 0 saturated heterocycles. The maximum atomic E-state index is 15.2. The number of alkyl halides is 1. The number of benzene rings is 1. The van der Waals surface area contributed by atoms with Gasteiger partial charge in [-0.2, -0.15) is 0 Å². The first kappa shape index (κ1) is 26.7.